The number of hydrogen-bond donors (Lipinski definition) is 0. The molecule has 0 N–H and O–H groups in total. The molecule has 0 amide bonds. The van der Waals surface area contributed by atoms with E-state index >= 15 is 0 Å². The zero-order valence-electron chi connectivity index (χ0n) is 17.4. The van der Waals surface area contributed by atoms with Gasteiger partial charge in [-0.1, -0.05) is 84.5 Å². The van der Waals surface area contributed by atoms with E-state index in [2.05, 4.69) is 106 Å². The fourth-order valence-electron chi connectivity index (χ4n) is 3.81. The third-order valence-electron chi connectivity index (χ3n) is 5.28. The van der Waals surface area contributed by atoms with Gasteiger partial charge >= 0.3 is 0 Å². The van der Waals surface area contributed by atoms with E-state index in [1.54, 1.807) is 0 Å². The average molecular weight is 382 g/mol. The Hall–Kier alpha value is -2.71. The maximum absolute atomic E-state index is 5.11. The minimum Gasteiger partial charge on any atom is -0.248 e. The highest BCUT2D eigenvalue weighted by Gasteiger charge is 2.19. The topological polar surface area (TPSA) is 12.9 Å². The van der Waals surface area contributed by atoms with Crippen LogP contribution < -0.4 is 5.19 Å². The normalized spacial score (nSPS) is 11.8. The molecule has 0 spiro atoms. The predicted octanol–water partition coefficient (Wildman–Crippen LogP) is 6.73. The summed E-state index contributed by atoms with van der Waals surface area (Å²) < 4.78 is 0. The van der Waals surface area contributed by atoms with Crippen LogP contribution in [0.3, 0.4) is 0 Å². The molecule has 140 valence electrons. The van der Waals surface area contributed by atoms with Gasteiger partial charge in [0.05, 0.1) is 19.3 Å². The van der Waals surface area contributed by atoms with Crippen LogP contribution in [0.25, 0.3) is 33.3 Å². The summed E-state index contributed by atoms with van der Waals surface area (Å²) in [6.45, 7) is 11.5. The van der Waals surface area contributed by atoms with Crippen LogP contribution in [0, 0.1) is 13.8 Å². The highest BCUT2D eigenvalue weighted by Crippen LogP contribution is 2.30. The summed E-state index contributed by atoms with van der Waals surface area (Å²) in [7, 11) is -1.47. The monoisotopic (exact) mass is 381 g/mol. The van der Waals surface area contributed by atoms with Crippen molar-refractivity contribution in [2.75, 3.05) is 0 Å². The Bertz CT molecular complexity index is 1130. The van der Waals surface area contributed by atoms with Crippen molar-refractivity contribution in [2.24, 2.45) is 0 Å². The summed E-state index contributed by atoms with van der Waals surface area (Å²) in [6, 6.07) is 26.5. The molecule has 28 heavy (non-hydrogen) atoms. The number of pyridine rings is 1. The molecule has 1 nitrogen and oxygen atoms in total. The lowest BCUT2D eigenvalue weighted by Gasteiger charge is -2.20. The van der Waals surface area contributed by atoms with Gasteiger partial charge in [-0.25, -0.2) is 4.98 Å². The average Bonchev–Trinajstić information content (AvgIpc) is 2.66. The molecule has 4 rings (SSSR count). The number of aromatic nitrogens is 1. The van der Waals surface area contributed by atoms with E-state index < -0.39 is 8.07 Å². The highest BCUT2D eigenvalue weighted by molar-refractivity contribution is 6.88. The Morgan fingerprint density at radius 1 is 0.679 bits per heavy atom. The van der Waals surface area contributed by atoms with Gasteiger partial charge < -0.3 is 0 Å². The second kappa shape index (κ2) is 7.03. The van der Waals surface area contributed by atoms with Gasteiger partial charge in [-0.3, -0.25) is 0 Å². The van der Waals surface area contributed by atoms with Gasteiger partial charge in [0.25, 0.3) is 0 Å². The van der Waals surface area contributed by atoms with Crippen molar-refractivity contribution >= 4 is 24.2 Å². The largest absolute Gasteiger partial charge is 0.248 e. The van der Waals surface area contributed by atoms with Gasteiger partial charge in [0.15, 0.2) is 0 Å². The lowest BCUT2D eigenvalue weighted by atomic mass is 9.99. The van der Waals surface area contributed by atoms with E-state index in [4.69, 9.17) is 4.98 Å². The zero-order valence-corrected chi connectivity index (χ0v) is 18.4. The molecule has 0 aliphatic carbocycles. The molecule has 0 saturated heterocycles. The summed E-state index contributed by atoms with van der Waals surface area (Å²) in [4.78, 5) is 5.11. The summed E-state index contributed by atoms with van der Waals surface area (Å²) in [6.07, 6.45) is 0. The smallest absolute Gasteiger partial charge is 0.0777 e. The first-order valence-corrected chi connectivity index (χ1v) is 13.4. The molecule has 1 heterocycles. The molecular formula is C26H27NSi. The van der Waals surface area contributed by atoms with E-state index in [0.717, 1.165) is 11.2 Å². The molecule has 0 atom stereocenters. The summed E-state index contributed by atoms with van der Waals surface area (Å²) in [5, 5.41) is 2.67. The van der Waals surface area contributed by atoms with Gasteiger partial charge in [-0.15, -0.1) is 0 Å². The second-order valence-electron chi connectivity index (χ2n) is 8.78. The summed E-state index contributed by atoms with van der Waals surface area (Å²) in [5.74, 6) is 0. The molecule has 3 aromatic carbocycles. The molecule has 4 aromatic rings. The molecule has 0 aliphatic rings. The minimum absolute atomic E-state index is 1.05. The summed E-state index contributed by atoms with van der Waals surface area (Å²) >= 11 is 0. The maximum atomic E-state index is 5.11. The van der Waals surface area contributed by atoms with Crippen molar-refractivity contribution in [3.63, 3.8) is 0 Å². The standard InChI is InChI=1S/C26H27NSi/c1-18-13-19(2)15-21(14-18)25-12-11-23-24(20-9-7-6-8-10-20)16-22(28(3,4)5)17-26(23)27-25/h6-17H,1-5H3. The zero-order chi connectivity index (χ0) is 19.9. The number of benzene rings is 3. The molecule has 1 aromatic heterocycles. The van der Waals surface area contributed by atoms with Crippen LogP contribution in [0.5, 0.6) is 0 Å². The van der Waals surface area contributed by atoms with E-state index in [9.17, 15) is 0 Å². The maximum Gasteiger partial charge on any atom is 0.0777 e. The Morgan fingerprint density at radius 3 is 2.00 bits per heavy atom. The fraction of sp³-hybridized carbons (Fsp3) is 0.192. The Balaban J connectivity index is 1.98. The minimum atomic E-state index is -1.47. The molecular weight excluding hydrogens is 354 g/mol. The molecule has 0 saturated carbocycles. The van der Waals surface area contributed by atoms with Crippen LogP contribution in [-0.2, 0) is 0 Å². The second-order valence-corrected chi connectivity index (χ2v) is 13.9. The lowest BCUT2D eigenvalue weighted by Crippen LogP contribution is -2.37. The molecule has 0 fully saturated rings. The van der Waals surface area contributed by atoms with Crippen molar-refractivity contribution in [1.82, 2.24) is 4.98 Å². The van der Waals surface area contributed by atoms with Crippen molar-refractivity contribution in [3.05, 3.63) is 83.9 Å². The first-order chi connectivity index (χ1) is 13.3. The van der Waals surface area contributed by atoms with Crippen molar-refractivity contribution in [3.8, 4) is 22.4 Å². The first kappa shape index (κ1) is 18.6. The van der Waals surface area contributed by atoms with Crippen molar-refractivity contribution in [2.45, 2.75) is 33.5 Å². The highest BCUT2D eigenvalue weighted by atomic mass is 28.3. The van der Waals surface area contributed by atoms with E-state index in [-0.39, 0.29) is 0 Å². The number of rotatable bonds is 3. The van der Waals surface area contributed by atoms with Gasteiger partial charge in [-0.05, 0) is 49.2 Å². The van der Waals surface area contributed by atoms with Crippen molar-refractivity contribution < 1.29 is 0 Å². The Kier molecular flexibility index (Phi) is 4.68. The van der Waals surface area contributed by atoms with Crippen LogP contribution in [-0.4, -0.2) is 13.1 Å². The molecule has 0 bridgehead atoms. The van der Waals surface area contributed by atoms with E-state index in [0.29, 0.717) is 0 Å². The first-order valence-electron chi connectivity index (χ1n) is 9.91. The van der Waals surface area contributed by atoms with Crippen LogP contribution in [0.2, 0.25) is 19.6 Å². The van der Waals surface area contributed by atoms with Crippen LogP contribution in [0.1, 0.15) is 11.1 Å². The van der Waals surface area contributed by atoms with E-state index in [1.165, 1.54) is 38.4 Å². The summed E-state index contributed by atoms with van der Waals surface area (Å²) in [5.41, 5.74) is 8.43. The number of fused-ring (bicyclic) bond motifs is 1. The van der Waals surface area contributed by atoms with Gasteiger partial charge in [0.1, 0.15) is 0 Å². The van der Waals surface area contributed by atoms with Crippen LogP contribution in [0.4, 0.5) is 0 Å². The van der Waals surface area contributed by atoms with Gasteiger partial charge in [-0.2, -0.15) is 0 Å². The molecule has 2 heteroatoms. The molecule has 0 unspecified atom stereocenters. The Labute approximate surface area is 169 Å². The van der Waals surface area contributed by atoms with Gasteiger partial charge in [0.2, 0.25) is 0 Å². The number of nitrogens with zero attached hydrogens (tertiary/aromatic N) is 1. The molecule has 0 radical (unpaired) electrons. The quantitative estimate of drug-likeness (QED) is 0.358. The van der Waals surface area contributed by atoms with Crippen molar-refractivity contribution in [1.29, 1.82) is 0 Å². The number of hydrogen-bond acceptors (Lipinski definition) is 1. The van der Waals surface area contributed by atoms with Crippen LogP contribution in [0.15, 0.2) is 72.8 Å². The fourth-order valence-corrected chi connectivity index (χ4v) is 4.95. The third-order valence-corrected chi connectivity index (χ3v) is 7.30. The SMILES string of the molecule is Cc1cc(C)cc(-c2ccc3c(-c4ccccc4)cc([Si](C)(C)C)cc3n2)c1. The predicted molar refractivity (Wildman–Crippen MR) is 125 cm³/mol. The van der Waals surface area contributed by atoms with Gasteiger partial charge in [0, 0.05) is 10.9 Å². The Morgan fingerprint density at radius 2 is 1.36 bits per heavy atom. The lowest BCUT2D eigenvalue weighted by molar-refractivity contribution is 1.34. The third kappa shape index (κ3) is 3.65. The molecule has 0 aliphatic heterocycles. The van der Waals surface area contributed by atoms with E-state index in [1.807, 2.05) is 0 Å². The van der Waals surface area contributed by atoms with Crippen LogP contribution >= 0.6 is 0 Å². The number of aryl methyl sites for hydroxylation is 2.